The first-order valence-corrected chi connectivity index (χ1v) is 10.3. The van der Waals surface area contributed by atoms with E-state index >= 15 is 0 Å². The monoisotopic (exact) mass is 442 g/mol. The van der Waals surface area contributed by atoms with Crippen LogP contribution >= 0.6 is 0 Å². The standard InChI is InChI=1S/C24H30N2O6/c1-6-14(2)22(28)25-19-10-7-15(11-18(19)24(3,4)5)20(26-31)13-32-16-8-9-17(23(29)30)21(27)12-16/h7-12,14,27,31H,6,13H2,1-5H3,(H,25,28)(H,29,30). The van der Waals surface area contributed by atoms with Gasteiger partial charge in [0.25, 0.3) is 0 Å². The van der Waals surface area contributed by atoms with Gasteiger partial charge in [-0.2, -0.15) is 0 Å². The van der Waals surface area contributed by atoms with Gasteiger partial charge in [0.1, 0.15) is 29.4 Å². The van der Waals surface area contributed by atoms with Gasteiger partial charge in [0.2, 0.25) is 5.91 Å². The van der Waals surface area contributed by atoms with E-state index < -0.39 is 11.7 Å². The van der Waals surface area contributed by atoms with Gasteiger partial charge in [-0.25, -0.2) is 4.79 Å². The highest BCUT2D eigenvalue weighted by atomic mass is 16.5. The van der Waals surface area contributed by atoms with Gasteiger partial charge in [-0.1, -0.05) is 45.8 Å². The number of amides is 1. The quantitative estimate of drug-likeness (QED) is 0.268. The van der Waals surface area contributed by atoms with Crippen molar-refractivity contribution in [3.63, 3.8) is 0 Å². The Labute approximate surface area is 187 Å². The summed E-state index contributed by atoms with van der Waals surface area (Å²) in [5.74, 6) is -1.62. The minimum atomic E-state index is -1.25. The van der Waals surface area contributed by atoms with E-state index in [9.17, 15) is 19.9 Å². The molecule has 8 nitrogen and oxygen atoms in total. The van der Waals surface area contributed by atoms with E-state index in [1.165, 1.54) is 18.2 Å². The molecule has 2 aromatic carbocycles. The summed E-state index contributed by atoms with van der Waals surface area (Å²) in [5, 5.41) is 34.7. The van der Waals surface area contributed by atoms with Gasteiger partial charge in [-0.05, 0) is 41.7 Å². The molecule has 1 unspecified atom stereocenters. The predicted octanol–water partition coefficient (Wildman–Crippen LogP) is 4.63. The first-order valence-electron chi connectivity index (χ1n) is 10.3. The molecule has 8 heteroatoms. The summed E-state index contributed by atoms with van der Waals surface area (Å²) < 4.78 is 5.58. The van der Waals surface area contributed by atoms with Crippen molar-refractivity contribution in [3.8, 4) is 11.5 Å². The molecule has 0 radical (unpaired) electrons. The molecule has 32 heavy (non-hydrogen) atoms. The third kappa shape index (κ3) is 6.00. The van der Waals surface area contributed by atoms with Gasteiger partial charge >= 0.3 is 5.97 Å². The minimum Gasteiger partial charge on any atom is -0.507 e. The third-order valence-corrected chi connectivity index (χ3v) is 5.17. The van der Waals surface area contributed by atoms with E-state index in [4.69, 9.17) is 9.84 Å². The van der Waals surface area contributed by atoms with E-state index in [2.05, 4.69) is 10.5 Å². The molecule has 2 rings (SSSR count). The van der Waals surface area contributed by atoms with Gasteiger partial charge in [0.15, 0.2) is 0 Å². The van der Waals surface area contributed by atoms with Crippen molar-refractivity contribution in [2.24, 2.45) is 11.1 Å². The molecule has 4 N–H and O–H groups in total. The van der Waals surface area contributed by atoms with Crippen LogP contribution in [0.5, 0.6) is 11.5 Å². The number of aromatic hydroxyl groups is 1. The predicted molar refractivity (Wildman–Crippen MR) is 122 cm³/mol. The molecule has 0 heterocycles. The van der Waals surface area contributed by atoms with E-state index in [-0.39, 0.29) is 40.9 Å². The van der Waals surface area contributed by atoms with Crippen LogP contribution in [-0.2, 0) is 10.2 Å². The van der Waals surface area contributed by atoms with Crippen LogP contribution in [0.4, 0.5) is 5.69 Å². The van der Waals surface area contributed by atoms with Crippen LogP contribution in [0.15, 0.2) is 41.6 Å². The summed E-state index contributed by atoms with van der Waals surface area (Å²) in [6.07, 6.45) is 0.733. The fraction of sp³-hybridized carbons (Fsp3) is 0.375. The molecule has 1 amide bonds. The molecule has 2 aromatic rings. The second-order valence-corrected chi connectivity index (χ2v) is 8.63. The van der Waals surface area contributed by atoms with Gasteiger partial charge < -0.3 is 25.5 Å². The van der Waals surface area contributed by atoms with Crippen LogP contribution < -0.4 is 10.1 Å². The van der Waals surface area contributed by atoms with Crippen LogP contribution in [0.3, 0.4) is 0 Å². The lowest BCUT2D eigenvalue weighted by Gasteiger charge is -2.25. The third-order valence-electron chi connectivity index (χ3n) is 5.17. The number of nitrogens with zero attached hydrogens (tertiary/aromatic N) is 1. The average molecular weight is 443 g/mol. The number of ether oxygens (including phenoxy) is 1. The Morgan fingerprint density at radius 1 is 1.16 bits per heavy atom. The lowest BCUT2D eigenvalue weighted by Crippen LogP contribution is -2.24. The van der Waals surface area contributed by atoms with Crippen molar-refractivity contribution in [3.05, 3.63) is 53.1 Å². The van der Waals surface area contributed by atoms with Crippen molar-refractivity contribution in [1.29, 1.82) is 0 Å². The van der Waals surface area contributed by atoms with E-state index in [0.717, 1.165) is 12.0 Å². The zero-order valence-electron chi connectivity index (χ0n) is 19.0. The largest absolute Gasteiger partial charge is 0.507 e. The summed E-state index contributed by atoms with van der Waals surface area (Å²) in [4.78, 5) is 23.4. The van der Waals surface area contributed by atoms with Crippen LogP contribution in [-0.4, -0.2) is 39.6 Å². The summed E-state index contributed by atoms with van der Waals surface area (Å²) in [6, 6.07) is 9.17. The normalized spacial score (nSPS) is 12.8. The van der Waals surface area contributed by atoms with Crippen LogP contribution in [0.2, 0.25) is 0 Å². The molecular weight excluding hydrogens is 412 g/mol. The number of carbonyl (C=O) groups is 2. The molecule has 0 aliphatic rings. The van der Waals surface area contributed by atoms with Crippen LogP contribution in [0.25, 0.3) is 0 Å². The van der Waals surface area contributed by atoms with Gasteiger partial charge in [-0.15, -0.1) is 0 Å². The lowest BCUT2D eigenvalue weighted by molar-refractivity contribution is -0.119. The number of hydrogen-bond donors (Lipinski definition) is 4. The average Bonchev–Trinajstić information content (AvgIpc) is 2.73. The molecule has 0 aromatic heterocycles. The SMILES string of the molecule is CCC(C)C(=O)Nc1ccc(C(COc2ccc(C(=O)O)c(O)c2)=NO)cc1C(C)(C)C. The number of anilines is 1. The number of carbonyl (C=O) groups excluding carboxylic acids is 1. The summed E-state index contributed by atoms with van der Waals surface area (Å²) in [7, 11) is 0. The first-order chi connectivity index (χ1) is 15.0. The Balaban J connectivity index is 2.27. The molecule has 0 aliphatic carbocycles. The lowest BCUT2D eigenvalue weighted by atomic mass is 9.84. The number of hydrogen-bond acceptors (Lipinski definition) is 6. The number of nitrogens with one attached hydrogen (secondary N) is 1. The van der Waals surface area contributed by atoms with E-state index in [1.807, 2.05) is 40.7 Å². The summed E-state index contributed by atoms with van der Waals surface area (Å²) in [5.41, 5.74) is 1.87. The Morgan fingerprint density at radius 2 is 1.84 bits per heavy atom. The molecule has 0 saturated heterocycles. The minimum absolute atomic E-state index is 0.0604. The fourth-order valence-corrected chi connectivity index (χ4v) is 3.00. The Kier molecular flexibility index (Phi) is 7.86. The number of rotatable bonds is 8. The molecular formula is C24H30N2O6. The summed E-state index contributed by atoms with van der Waals surface area (Å²) in [6.45, 7) is 9.76. The molecule has 0 aliphatic heterocycles. The van der Waals surface area contributed by atoms with Crippen molar-refractivity contribution in [2.75, 3.05) is 11.9 Å². The Bertz CT molecular complexity index is 1020. The number of oxime groups is 1. The smallest absolute Gasteiger partial charge is 0.339 e. The van der Waals surface area contributed by atoms with Crippen LogP contribution in [0.1, 0.15) is 62.5 Å². The number of phenols is 1. The molecule has 1 atom stereocenters. The van der Waals surface area contributed by atoms with Crippen molar-refractivity contribution >= 4 is 23.3 Å². The van der Waals surface area contributed by atoms with Gasteiger partial charge in [-0.3, -0.25) is 4.79 Å². The van der Waals surface area contributed by atoms with Crippen molar-refractivity contribution < 1.29 is 29.7 Å². The topological polar surface area (TPSA) is 128 Å². The second kappa shape index (κ2) is 10.2. The highest BCUT2D eigenvalue weighted by Crippen LogP contribution is 2.31. The highest BCUT2D eigenvalue weighted by molar-refractivity contribution is 6.02. The van der Waals surface area contributed by atoms with Gasteiger partial charge in [0.05, 0.1) is 0 Å². The number of carboxylic acids is 1. The maximum absolute atomic E-state index is 12.4. The Hall–Kier alpha value is -3.55. The first kappa shape index (κ1) is 24.7. The number of benzene rings is 2. The van der Waals surface area contributed by atoms with Crippen molar-refractivity contribution in [2.45, 2.75) is 46.5 Å². The zero-order valence-corrected chi connectivity index (χ0v) is 19.0. The molecule has 0 saturated carbocycles. The number of aromatic carboxylic acids is 1. The molecule has 0 fully saturated rings. The van der Waals surface area contributed by atoms with E-state index in [1.54, 1.807) is 12.1 Å². The molecule has 0 bridgehead atoms. The highest BCUT2D eigenvalue weighted by Gasteiger charge is 2.22. The zero-order chi connectivity index (χ0) is 24.1. The second-order valence-electron chi connectivity index (χ2n) is 8.63. The fourth-order valence-electron chi connectivity index (χ4n) is 3.00. The summed E-state index contributed by atoms with van der Waals surface area (Å²) >= 11 is 0. The van der Waals surface area contributed by atoms with Crippen LogP contribution in [0, 0.1) is 5.92 Å². The van der Waals surface area contributed by atoms with E-state index in [0.29, 0.717) is 11.3 Å². The maximum Gasteiger partial charge on any atom is 0.339 e. The molecule has 0 spiro atoms. The number of carboxylic acid groups (broad SMARTS) is 1. The maximum atomic E-state index is 12.4. The van der Waals surface area contributed by atoms with Gasteiger partial charge in [0, 0.05) is 23.2 Å². The molecule has 172 valence electrons. The Morgan fingerprint density at radius 3 is 2.38 bits per heavy atom. The van der Waals surface area contributed by atoms with Crippen molar-refractivity contribution in [1.82, 2.24) is 0 Å².